The van der Waals surface area contributed by atoms with Crippen LogP contribution in [-0.4, -0.2) is 25.0 Å². The highest BCUT2D eigenvalue weighted by Gasteiger charge is 2.15. The van der Waals surface area contributed by atoms with Gasteiger partial charge in [-0.15, -0.1) is 0 Å². The lowest BCUT2D eigenvalue weighted by Gasteiger charge is -2.09. The monoisotopic (exact) mass is 354 g/mol. The number of carbonyl (C=O) groups excluding carboxylic acids is 2. The average Bonchev–Trinajstić information content (AvgIpc) is 2.90. The van der Waals surface area contributed by atoms with Gasteiger partial charge in [0.05, 0.1) is 19.6 Å². The molecule has 2 aromatic rings. The van der Waals surface area contributed by atoms with E-state index in [0.29, 0.717) is 30.3 Å². The number of Topliss-reactive ketones (excluding diaryl/α,β-unsaturated/α-hetero) is 1. The number of fused-ring (bicyclic) bond motifs is 1. The van der Waals surface area contributed by atoms with Gasteiger partial charge in [0.25, 0.3) is 0 Å². The van der Waals surface area contributed by atoms with Crippen molar-refractivity contribution in [3.63, 3.8) is 0 Å². The molecule has 3 rings (SSSR count). The first-order valence-corrected chi connectivity index (χ1v) is 8.76. The number of ether oxygens (including phenoxy) is 3. The molecule has 0 aliphatic carbocycles. The smallest absolute Gasteiger partial charge is 0.306 e. The maximum atomic E-state index is 12.3. The van der Waals surface area contributed by atoms with Gasteiger partial charge in [0.1, 0.15) is 6.61 Å². The zero-order valence-corrected chi connectivity index (χ0v) is 14.8. The molecular weight excluding hydrogens is 332 g/mol. The van der Waals surface area contributed by atoms with E-state index in [1.54, 1.807) is 18.2 Å². The Morgan fingerprint density at radius 1 is 0.962 bits per heavy atom. The summed E-state index contributed by atoms with van der Waals surface area (Å²) in [5, 5.41) is 0. The molecule has 0 fully saturated rings. The van der Waals surface area contributed by atoms with Gasteiger partial charge in [-0.2, -0.15) is 0 Å². The van der Waals surface area contributed by atoms with Crippen LogP contribution in [0.5, 0.6) is 11.5 Å². The van der Waals surface area contributed by atoms with E-state index in [0.717, 1.165) is 17.5 Å². The molecule has 0 unspecified atom stereocenters. The van der Waals surface area contributed by atoms with Crippen molar-refractivity contribution in [3.05, 3.63) is 59.2 Å². The first-order valence-electron chi connectivity index (χ1n) is 8.76. The van der Waals surface area contributed by atoms with Crippen molar-refractivity contribution in [1.82, 2.24) is 0 Å². The molecule has 5 heteroatoms. The Labute approximate surface area is 152 Å². The number of aryl methyl sites for hydroxylation is 1. The fourth-order valence-corrected chi connectivity index (χ4v) is 2.62. The summed E-state index contributed by atoms with van der Waals surface area (Å²) in [5.74, 6) is 0.730. The fraction of sp³-hybridized carbons (Fsp3) is 0.333. The summed E-state index contributed by atoms with van der Waals surface area (Å²) in [5.41, 5.74) is 2.60. The Hall–Kier alpha value is -2.82. The molecule has 0 N–H and O–H groups in total. The number of ketones is 1. The Balaban J connectivity index is 1.49. The normalized spacial score (nSPS) is 13.0. The highest BCUT2D eigenvalue weighted by Crippen LogP contribution is 2.30. The number of carbonyl (C=O) groups is 2. The zero-order chi connectivity index (χ0) is 18.4. The molecule has 0 saturated heterocycles. The molecule has 1 heterocycles. The van der Waals surface area contributed by atoms with Gasteiger partial charge in [-0.25, -0.2) is 0 Å². The van der Waals surface area contributed by atoms with E-state index in [1.807, 2.05) is 31.2 Å². The van der Waals surface area contributed by atoms with E-state index < -0.39 is 0 Å². The van der Waals surface area contributed by atoms with Crippen molar-refractivity contribution >= 4 is 11.8 Å². The molecule has 0 spiro atoms. The van der Waals surface area contributed by atoms with Gasteiger partial charge in [0, 0.05) is 18.4 Å². The summed E-state index contributed by atoms with van der Waals surface area (Å²) in [6.07, 6.45) is 0.969. The second-order valence-electron chi connectivity index (χ2n) is 6.28. The zero-order valence-electron chi connectivity index (χ0n) is 14.8. The minimum absolute atomic E-state index is 0.0547. The summed E-state index contributed by atoms with van der Waals surface area (Å²) in [4.78, 5) is 24.2. The van der Waals surface area contributed by atoms with Gasteiger partial charge in [0.15, 0.2) is 17.3 Å². The molecule has 136 valence electrons. The van der Waals surface area contributed by atoms with E-state index in [4.69, 9.17) is 14.2 Å². The molecule has 0 radical (unpaired) electrons. The van der Waals surface area contributed by atoms with Crippen LogP contribution in [0.1, 0.15) is 40.7 Å². The van der Waals surface area contributed by atoms with Gasteiger partial charge < -0.3 is 14.2 Å². The van der Waals surface area contributed by atoms with Crippen molar-refractivity contribution in [2.45, 2.75) is 32.8 Å². The maximum Gasteiger partial charge on any atom is 0.306 e. The minimum atomic E-state index is -0.381. The van der Waals surface area contributed by atoms with Crippen LogP contribution in [0.3, 0.4) is 0 Å². The van der Waals surface area contributed by atoms with Crippen LogP contribution in [0.25, 0.3) is 0 Å². The van der Waals surface area contributed by atoms with Crippen LogP contribution < -0.4 is 9.47 Å². The molecule has 0 bridgehead atoms. The summed E-state index contributed by atoms with van der Waals surface area (Å²) in [7, 11) is 0. The van der Waals surface area contributed by atoms with Crippen LogP contribution in [-0.2, 0) is 16.1 Å². The quantitative estimate of drug-likeness (QED) is 0.582. The molecule has 1 aliphatic rings. The lowest BCUT2D eigenvalue weighted by molar-refractivity contribution is -0.144. The van der Waals surface area contributed by atoms with Crippen LogP contribution >= 0.6 is 0 Å². The third-order valence-corrected chi connectivity index (χ3v) is 4.15. The summed E-state index contributed by atoms with van der Waals surface area (Å²) >= 11 is 0. The second-order valence-corrected chi connectivity index (χ2v) is 6.28. The molecule has 5 nitrogen and oxygen atoms in total. The second kappa shape index (κ2) is 8.52. The van der Waals surface area contributed by atoms with Gasteiger partial charge in [-0.3, -0.25) is 9.59 Å². The van der Waals surface area contributed by atoms with E-state index in [9.17, 15) is 9.59 Å². The molecule has 2 aromatic carbocycles. The van der Waals surface area contributed by atoms with Gasteiger partial charge >= 0.3 is 5.97 Å². The molecular formula is C21H22O5. The Morgan fingerprint density at radius 2 is 1.69 bits per heavy atom. The molecule has 0 saturated carbocycles. The number of rotatable bonds is 6. The van der Waals surface area contributed by atoms with Crippen LogP contribution in [0, 0.1) is 6.92 Å². The van der Waals surface area contributed by atoms with Crippen LogP contribution in [0.4, 0.5) is 0 Å². The molecule has 1 aliphatic heterocycles. The third kappa shape index (κ3) is 4.85. The van der Waals surface area contributed by atoms with Crippen molar-refractivity contribution in [1.29, 1.82) is 0 Å². The van der Waals surface area contributed by atoms with Crippen molar-refractivity contribution < 1.29 is 23.8 Å². The molecule has 0 amide bonds. The largest absolute Gasteiger partial charge is 0.490 e. The van der Waals surface area contributed by atoms with E-state index in [-0.39, 0.29) is 31.2 Å². The number of benzene rings is 2. The summed E-state index contributed by atoms with van der Waals surface area (Å²) in [6, 6.07) is 12.9. The van der Waals surface area contributed by atoms with Crippen molar-refractivity contribution in [2.75, 3.05) is 13.2 Å². The number of esters is 1. The lowest BCUT2D eigenvalue weighted by Crippen LogP contribution is -2.08. The Kier molecular flexibility index (Phi) is 5.89. The Bertz CT molecular complexity index is 779. The highest BCUT2D eigenvalue weighted by molar-refractivity contribution is 5.98. The topological polar surface area (TPSA) is 61.8 Å². The van der Waals surface area contributed by atoms with E-state index in [2.05, 4.69) is 0 Å². The number of hydrogen-bond acceptors (Lipinski definition) is 5. The predicted octanol–water partition coefficient (Wildman–Crippen LogP) is 3.86. The first-order chi connectivity index (χ1) is 12.6. The van der Waals surface area contributed by atoms with Crippen LogP contribution in [0.2, 0.25) is 0 Å². The molecule has 26 heavy (non-hydrogen) atoms. The van der Waals surface area contributed by atoms with Gasteiger partial charge in [0.2, 0.25) is 0 Å². The SMILES string of the molecule is Cc1ccc(COC(=O)CCC(=O)c2ccc3c(c2)OCCCO3)cc1. The Morgan fingerprint density at radius 3 is 2.46 bits per heavy atom. The molecule has 0 atom stereocenters. The van der Waals surface area contributed by atoms with Gasteiger partial charge in [-0.1, -0.05) is 29.8 Å². The predicted molar refractivity (Wildman–Crippen MR) is 96.6 cm³/mol. The van der Waals surface area contributed by atoms with E-state index >= 15 is 0 Å². The van der Waals surface area contributed by atoms with Gasteiger partial charge in [-0.05, 0) is 30.7 Å². The maximum absolute atomic E-state index is 12.3. The highest BCUT2D eigenvalue weighted by atomic mass is 16.5. The minimum Gasteiger partial charge on any atom is -0.490 e. The first kappa shape index (κ1) is 18.0. The van der Waals surface area contributed by atoms with Crippen molar-refractivity contribution in [2.24, 2.45) is 0 Å². The fourth-order valence-electron chi connectivity index (χ4n) is 2.62. The number of hydrogen-bond donors (Lipinski definition) is 0. The van der Waals surface area contributed by atoms with E-state index in [1.165, 1.54) is 0 Å². The average molecular weight is 354 g/mol. The molecule has 0 aromatic heterocycles. The summed E-state index contributed by atoms with van der Waals surface area (Å²) < 4.78 is 16.4. The summed E-state index contributed by atoms with van der Waals surface area (Å²) in [6.45, 7) is 3.39. The van der Waals surface area contributed by atoms with Crippen LogP contribution in [0.15, 0.2) is 42.5 Å². The standard InChI is InChI=1S/C21H22O5/c1-15-3-5-16(6-4-15)14-26-21(23)10-8-18(22)17-7-9-19-20(13-17)25-12-2-11-24-19/h3-7,9,13H,2,8,10-12,14H2,1H3. The lowest BCUT2D eigenvalue weighted by atomic mass is 10.1. The van der Waals surface area contributed by atoms with Crippen molar-refractivity contribution in [3.8, 4) is 11.5 Å². The third-order valence-electron chi connectivity index (χ3n) is 4.15.